The first-order valence-corrected chi connectivity index (χ1v) is 12.5. The van der Waals surface area contributed by atoms with Crippen molar-refractivity contribution in [3.05, 3.63) is 74.4 Å². The second-order valence-corrected chi connectivity index (χ2v) is 9.73. The summed E-state index contributed by atoms with van der Waals surface area (Å²) in [5, 5.41) is 18.1. The third kappa shape index (κ3) is 5.47. The van der Waals surface area contributed by atoms with E-state index in [1.54, 1.807) is 24.3 Å². The number of nitrogens with zero attached hydrogens (tertiary/aromatic N) is 4. The van der Waals surface area contributed by atoms with E-state index in [2.05, 4.69) is 32.9 Å². The van der Waals surface area contributed by atoms with Gasteiger partial charge in [-0.05, 0) is 67.3 Å². The van der Waals surface area contributed by atoms with Gasteiger partial charge in [-0.15, -0.1) is 11.3 Å². The first-order valence-electron chi connectivity index (χ1n) is 11.6. The maximum atomic E-state index is 11.1. The summed E-state index contributed by atoms with van der Waals surface area (Å²) >= 11 is 1.54. The van der Waals surface area contributed by atoms with Gasteiger partial charge in [-0.2, -0.15) is 5.10 Å². The summed E-state index contributed by atoms with van der Waals surface area (Å²) in [6.07, 6.45) is 5.58. The van der Waals surface area contributed by atoms with Gasteiger partial charge in [-0.3, -0.25) is 10.1 Å². The van der Waals surface area contributed by atoms with Crippen LogP contribution < -0.4 is 4.80 Å². The Bertz CT molecular complexity index is 1190. The van der Waals surface area contributed by atoms with Crippen molar-refractivity contribution in [1.29, 1.82) is 0 Å². The summed E-state index contributed by atoms with van der Waals surface area (Å²) in [4.78, 5) is 16.4. The molecule has 0 bridgehead atoms. The molecular weight excluding hydrogens is 432 g/mol. The highest BCUT2D eigenvalue weighted by Gasteiger charge is 2.17. The molecule has 1 aliphatic carbocycles. The molecule has 4 rings (SSSR count). The molecule has 1 saturated carbocycles. The van der Waals surface area contributed by atoms with Crippen molar-refractivity contribution < 1.29 is 4.92 Å². The lowest BCUT2D eigenvalue weighted by Crippen LogP contribution is -2.18. The van der Waals surface area contributed by atoms with E-state index in [0.29, 0.717) is 5.92 Å². The van der Waals surface area contributed by atoms with Crippen LogP contribution in [0.2, 0.25) is 0 Å². The van der Waals surface area contributed by atoms with Crippen LogP contribution in [0, 0.1) is 16.0 Å². The first kappa shape index (κ1) is 23.1. The smallest absolute Gasteiger partial charge is 0.258 e. The van der Waals surface area contributed by atoms with Crippen molar-refractivity contribution in [2.24, 2.45) is 16.0 Å². The number of non-ortho nitro benzene ring substituents is 1. The molecule has 1 aromatic heterocycles. The molecule has 33 heavy (non-hydrogen) atoms. The normalized spacial score (nSPS) is 16.9. The van der Waals surface area contributed by atoms with Crippen molar-refractivity contribution in [1.82, 2.24) is 4.68 Å². The number of benzene rings is 2. The van der Waals surface area contributed by atoms with Crippen LogP contribution in [0.1, 0.15) is 64.4 Å². The number of nitro benzene ring substituents is 1. The van der Waals surface area contributed by atoms with Crippen molar-refractivity contribution in [3.8, 4) is 11.3 Å². The molecule has 1 aliphatic rings. The lowest BCUT2D eigenvalue weighted by Gasteiger charge is -2.21. The molecule has 0 radical (unpaired) electrons. The first-order chi connectivity index (χ1) is 15.9. The molecule has 172 valence electrons. The van der Waals surface area contributed by atoms with Crippen molar-refractivity contribution >= 4 is 28.4 Å². The summed E-state index contributed by atoms with van der Waals surface area (Å²) in [7, 11) is 0. The Kier molecular flexibility index (Phi) is 7.18. The van der Waals surface area contributed by atoms with Crippen LogP contribution in [0.15, 0.2) is 64.0 Å². The zero-order valence-electron chi connectivity index (χ0n) is 19.4. The van der Waals surface area contributed by atoms with Crippen LogP contribution in [-0.4, -0.2) is 15.3 Å². The molecule has 0 aliphatic heterocycles. The van der Waals surface area contributed by atoms with Crippen LogP contribution in [-0.2, 0) is 0 Å². The van der Waals surface area contributed by atoms with E-state index in [4.69, 9.17) is 10.1 Å². The lowest BCUT2D eigenvalue weighted by atomic mass is 9.86. The van der Waals surface area contributed by atoms with Gasteiger partial charge in [0.25, 0.3) is 5.69 Å². The van der Waals surface area contributed by atoms with Crippen molar-refractivity contribution in [2.45, 2.75) is 58.8 Å². The Hall–Kier alpha value is -3.06. The van der Waals surface area contributed by atoms with Gasteiger partial charge in [0, 0.05) is 28.8 Å². The van der Waals surface area contributed by atoms with Crippen LogP contribution in [0.25, 0.3) is 11.3 Å². The summed E-state index contributed by atoms with van der Waals surface area (Å²) in [6.45, 7) is 6.62. The van der Waals surface area contributed by atoms with Crippen LogP contribution >= 0.6 is 11.3 Å². The third-order valence-corrected chi connectivity index (χ3v) is 7.16. The molecule has 0 saturated heterocycles. The van der Waals surface area contributed by atoms with Crippen molar-refractivity contribution in [2.75, 3.05) is 0 Å². The Morgan fingerprint density at radius 3 is 2.33 bits per heavy atom. The van der Waals surface area contributed by atoms with Gasteiger partial charge < -0.3 is 0 Å². The highest BCUT2D eigenvalue weighted by molar-refractivity contribution is 7.07. The fourth-order valence-corrected chi connectivity index (χ4v) is 4.98. The number of aromatic nitrogens is 1. The molecule has 0 atom stereocenters. The number of hydrogen-bond acceptors (Lipinski definition) is 5. The van der Waals surface area contributed by atoms with E-state index in [1.807, 2.05) is 22.2 Å². The largest absolute Gasteiger partial charge is 0.269 e. The molecule has 7 heteroatoms. The molecule has 1 fully saturated rings. The maximum Gasteiger partial charge on any atom is 0.269 e. The van der Waals surface area contributed by atoms with E-state index < -0.39 is 0 Å². The highest BCUT2D eigenvalue weighted by Crippen LogP contribution is 2.27. The van der Waals surface area contributed by atoms with Gasteiger partial charge >= 0.3 is 0 Å². The molecule has 2 aromatic carbocycles. The quantitative estimate of drug-likeness (QED) is 0.285. The average molecular weight is 463 g/mol. The van der Waals surface area contributed by atoms with E-state index in [9.17, 15) is 10.1 Å². The molecular formula is C26H30N4O2S. The molecule has 6 nitrogen and oxygen atoms in total. The summed E-state index contributed by atoms with van der Waals surface area (Å²) < 4.78 is 1.92. The topological polar surface area (TPSA) is 72.8 Å². The van der Waals surface area contributed by atoms with Gasteiger partial charge in [0.1, 0.15) is 0 Å². The molecule has 0 N–H and O–H groups in total. The number of hydrogen-bond donors (Lipinski definition) is 0. The molecule has 0 spiro atoms. The van der Waals surface area contributed by atoms with Crippen LogP contribution in [0.4, 0.5) is 11.4 Å². The zero-order chi connectivity index (χ0) is 23.4. The maximum absolute atomic E-state index is 11.1. The third-order valence-electron chi connectivity index (χ3n) is 6.34. The Morgan fingerprint density at radius 1 is 1.09 bits per heavy atom. The van der Waals surface area contributed by atoms with Crippen LogP contribution in [0.5, 0.6) is 0 Å². The SMILES string of the molecule is CCC1CCC(=Nn2c(-c3ccc([N+](=O)[O-])cc3)csc2=Nc2ccc(C(C)C)cc2)CC1. The highest BCUT2D eigenvalue weighted by atomic mass is 32.1. The van der Waals surface area contributed by atoms with Gasteiger partial charge in [0.05, 0.1) is 16.3 Å². The zero-order valence-corrected chi connectivity index (χ0v) is 20.2. The predicted octanol–water partition coefficient (Wildman–Crippen LogP) is 7.28. The van der Waals surface area contributed by atoms with E-state index >= 15 is 0 Å². The minimum absolute atomic E-state index is 0.0832. The second kappa shape index (κ2) is 10.3. The van der Waals surface area contributed by atoms with Gasteiger partial charge in [0.15, 0.2) is 0 Å². The number of nitro groups is 1. The summed E-state index contributed by atoms with van der Waals surface area (Å²) in [5.74, 6) is 1.26. The number of rotatable bonds is 6. The summed E-state index contributed by atoms with van der Waals surface area (Å²) in [5.41, 5.74) is 5.24. The van der Waals surface area contributed by atoms with E-state index in [-0.39, 0.29) is 10.6 Å². The second-order valence-electron chi connectivity index (χ2n) is 8.90. The van der Waals surface area contributed by atoms with Gasteiger partial charge in [0.2, 0.25) is 4.80 Å². The Morgan fingerprint density at radius 2 is 1.76 bits per heavy atom. The minimum atomic E-state index is -0.376. The molecule has 0 unspecified atom stereocenters. The molecule has 1 heterocycles. The van der Waals surface area contributed by atoms with E-state index in [1.165, 1.54) is 41.9 Å². The molecule has 0 amide bonds. The van der Waals surface area contributed by atoms with Crippen molar-refractivity contribution in [3.63, 3.8) is 0 Å². The predicted molar refractivity (Wildman–Crippen MR) is 135 cm³/mol. The lowest BCUT2D eigenvalue weighted by molar-refractivity contribution is -0.384. The standard InChI is InChI=1S/C26H30N4O2S/c1-4-19-5-11-23(12-6-19)28-29-25(21-9-15-24(16-10-21)30(31)32)17-33-26(29)27-22-13-7-20(8-14-22)18(2)3/h7-10,13-19H,4-6,11-12H2,1-3H3. The van der Waals surface area contributed by atoms with Crippen LogP contribution in [0.3, 0.4) is 0 Å². The summed E-state index contributed by atoms with van der Waals surface area (Å²) in [6, 6.07) is 15.0. The monoisotopic (exact) mass is 462 g/mol. The molecule has 3 aromatic rings. The number of thiazole rings is 1. The van der Waals surface area contributed by atoms with Gasteiger partial charge in [-0.25, -0.2) is 9.67 Å². The Balaban J connectivity index is 1.76. The van der Waals surface area contributed by atoms with Gasteiger partial charge in [-0.1, -0.05) is 39.3 Å². The average Bonchev–Trinajstić information content (AvgIpc) is 3.21. The Labute approximate surface area is 198 Å². The van der Waals surface area contributed by atoms with E-state index in [0.717, 1.165) is 40.5 Å². The fourth-order valence-electron chi connectivity index (χ4n) is 4.13. The minimum Gasteiger partial charge on any atom is -0.258 e. The fraction of sp³-hybridized carbons (Fsp3) is 0.385.